The minimum Gasteiger partial charge on any atom is -0.466 e. The number of esters is 1. The first-order valence-electron chi connectivity index (χ1n) is 10.9. The summed E-state index contributed by atoms with van der Waals surface area (Å²) in [5.74, 6) is 0.586. The van der Waals surface area contributed by atoms with Crippen LogP contribution in [0.2, 0.25) is 0 Å². The maximum Gasteiger partial charge on any atom is 0.416 e. The first kappa shape index (κ1) is 22.1. The Morgan fingerprint density at radius 2 is 1.76 bits per heavy atom. The van der Waals surface area contributed by atoms with Crippen molar-refractivity contribution in [3.63, 3.8) is 0 Å². The van der Waals surface area contributed by atoms with Crippen molar-refractivity contribution in [2.45, 2.75) is 76.4 Å². The molecule has 0 aliphatic heterocycles. The number of ether oxygens (including phenoxy) is 1. The summed E-state index contributed by atoms with van der Waals surface area (Å²) in [6.45, 7) is 3.09. The lowest BCUT2D eigenvalue weighted by Crippen LogP contribution is -2.37. The Morgan fingerprint density at radius 1 is 1.07 bits per heavy atom. The van der Waals surface area contributed by atoms with Crippen molar-refractivity contribution in [2.24, 2.45) is 11.8 Å². The lowest BCUT2D eigenvalue weighted by molar-refractivity contribution is -0.144. The summed E-state index contributed by atoms with van der Waals surface area (Å²) in [4.78, 5) is 12.1. The average molecular weight is 412 g/mol. The lowest BCUT2D eigenvalue weighted by Gasteiger charge is -2.29. The monoisotopic (exact) mass is 411 g/mol. The maximum atomic E-state index is 13.0. The van der Waals surface area contributed by atoms with Gasteiger partial charge in [-0.2, -0.15) is 13.2 Å². The van der Waals surface area contributed by atoms with Crippen LogP contribution >= 0.6 is 0 Å². The van der Waals surface area contributed by atoms with Crippen LogP contribution in [-0.4, -0.2) is 25.2 Å². The highest BCUT2D eigenvalue weighted by atomic mass is 19.4. The molecular weight excluding hydrogens is 379 g/mol. The minimum atomic E-state index is -4.34. The smallest absolute Gasteiger partial charge is 0.416 e. The number of hydrogen-bond acceptors (Lipinski definition) is 3. The van der Waals surface area contributed by atoms with E-state index in [0.29, 0.717) is 18.9 Å². The standard InChI is InChI=1S/C23H32F3NO2/c1-2-29-21(28)14-18-10-13-20(27-15-16-6-4-3-5-7-16)22(18)17-8-11-19(12-9-17)23(24,25)26/h8-9,11-12,16,18,20,22,27H,2-7,10,13-15H2,1H3/t18-,20-,22-/m1/s1. The third kappa shape index (κ3) is 5.97. The zero-order valence-corrected chi connectivity index (χ0v) is 17.1. The summed E-state index contributed by atoms with van der Waals surface area (Å²) in [6.07, 6.45) is 4.17. The fourth-order valence-corrected chi connectivity index (χ4v) is 5.08. The zero-order valence-electron chi connectivity index (χ0n) is 17.1. The maximum absolute atomic E-state index is 13.0. The second-order valence-electron chi connectivity index (χ2n) is 8.51. The summed E-state index contributed by atoms with van der Waals surface area (Å²) in [7, 11) is 0. The van der Waals surface area contributed by atoms with E-state index < -0.39 is 11.7 Å². The van der Waals surface area contributed by atoms with E-state index in [1.807, 2.05) is 0 Å². The molecule has 0 heterocycles. The summed E-state index contributed by atoms with van der Waals surface area (Å²) >= 11 is 0. The van der Waals surface area contributed by atoms with Gasteiger partial charge in [-0.05, 0) is 68.7 Å². The third-order valence-corrected chi connectivity index (χ3v) is 6.54. The van der Waals surface area contributed by atoms with E-state index in [1.165, 1.54) is 32.1 Å². The number of carbonyl (C=O) groups excluding carboxylic acids is 1. The van der Waals surface area contributed by atoms with Gasteiger partial charge >= 0.3 is 12.1 Å². The van der Waals surface area contributed by atoms with Gasteiger partial charge in [0.2, 0.25) is 0 Å². The molecule has 1 aromatic carbocycles. The molecule has 0 bridgehead atoms. The molecule has 2 saturated carbocycles. The minimum absolute atomic E-state index is 0.0327. The number of alkyl halides is 3. The van der Waals surface area contributed by atoms with Crippen LogP contribution in [0.5, 0.6) is 0 Å². The molecule has 3 atom stereocenters. The van der Waals surface area contributed by atoms with Gasteiger partial charge in [0.05, 0.1) is 12.2 Å². The quantitative estimate of drug-likeness (QED) is 0.586. The van der Waals surface area contributed by atoms with Crippen LogP contribution in [0.1, 0.15) is 75.3 Å². The van der Waals surface area contributed by atoms with E-state index in [1.54, 1.807) is 19.1 Å². The summed E-state index contributed by atoms with van der Waals surface area (Å²) in [5.41, 5.74) is 0.249. The zero-order chi connectivity index (χ0) is 20.9. The fraction of sp³-hybridized carbons (Fsp3) is 0.696. The lowest BCUT2D eigenvalue weighted by atomic mass is 9.83. The number of hydrogen-bond donors (Lipinski definition) is 1. The number of carbonyl (C=O) groups is 1. The van der Waals surface area contributed by atoms with Gasteiger partial charge < -0.3 is 10.1 Å². The van der Waals surface area contributed by atoms with Crippen LogP contribution in [0.4, 0.5) is 13.2 Å². The molecule has 3 rings (SSSR count). The van der Waals surface area contributed by atoms with Crippen molar-refractivity contribution >= 4 is 5.97 Å². The van der Waals surface area contributed by atoms with Crippen LogP contribution in [-0.2, 0) is 15.7 Å². The van der Waals surface area contributed by atoms with Crippen LogP contribution < -0.4 is 5.32 Å². The molecule has 0 spiro atoms. The molecule has 1 aromatic rings. The number of benzene rings is 1. The van der Waals surface area contributed by atoms with E-state index in [4.69, 9.17) is 4.74 Å². The van der Waals surface area contributed by atoms with Crippen molar-refractivity contribution in [1.82, 2.24) is 5.32 Å². The molecule has 0 unspecified atom stereocenters. The van der Waals surface area contributed by atoms with E-state index in [-0.39, 0.29) is 23.8 Å². The summed E-state index contributed by atoms with van der Waals surface area (Å²) in [6, 6.07) is 5.69. The Morgan fingerprint density at radius 3 is 2.38 bits per heavy atom. The molecule has 2 aliphatic carbocycles. The summed E-state index contributed by atoms with van der Waals surface area (Å²) < 4.78 is 44.0. The van der Waals surface area contributed by atoms with Crippen LogP contribution in [0.15, 0.2) is 24.3 Å². The highest BCUT2D eigenvalue weighted by Crippen LogP contribution is 2.43. The van der Waals surface area contributed by atoms with E-state index in [2.05, 4.69) is 5.32 Å². The molecule has 3 nitrogen and oxygen atoms in total. The van der Waals surface area contributed by atoms with Gasteiger partial charge in [-0.3, -0.25) is 4.79 Å². The molecule has 0 amide bonds. The van der Waals surface area contributed by atoms with Gasteiger partial charge in [0, 0.05) is 18.4 Å². The predicted octanol–water partition coefficient (Wildman–Crippen LogP) is 5.69. The fourth-order valence-electron chi connectivity index (χ4n) is 5.08. The Bertz CT molecular complexity index is 653. The van der Waals surface area contributed by atoms with E-state index >= 15 is 0 Å². The number of nitrogens with one attached hydrogen (secondary N) is 1. The highest BCUT2D eigenvalue weighted by Gasteiger charge is 2.39. The van der Waals surface area contributed by atoms with E-state index in [0.717, 1.165) is 37.1 Å². The molecule has 1 N–H and O–H groups in total. The molecule has 6 heteroatoms. The second-order valence-corrected chi connectivity index (χ2v) is 8.51. The van der Waals surface area contributed by atoms with Crippen molar-refractivity contribution in [3.05, 3.63) is 35.4 Å². The predicted molar refractivity (Wildman–Crippen MR) is 107 cm³/mol. The van der Waals surface area contributed by atoms with Crippen LogP contribution in [0.25, 0.3) is 0 Å². The van der Waals surface area contributed by atoms with Crippen molar-refractivity contribution in [1.29, 1.82) is 0 Å². The second kappa shape index (κ2) is 9.96. The third-order valence-electron chi connectivity index (χ3n) is 6.54. The normalized spacial score (nSPS) is 25.9. The van der Waals surface area contributed by atoms with Gasteiger partial charge in [0.25, 0.3) is 0 Å². The van der Waals surface area contributed by atoms with Gasteiger partial charge in [0.15, 0.2) is 0 Å². The Balaban J connectivity index is 1.73. The van der Waals surface area contributed by atoms with Gasteiger partial charge in [-0.1, -0.05) is 31.4 Å². The molecular formula is C23H32F3NO2. The van der Waals surface area contributed by atoms with Gasteiger partial charge in [0.1, 0.15) is 0 Å². The Kier molecular flexibility index (Phi) is 7.60. The topological polar surface area (TPSA) is 38.3 Å². The molecule has 2 fully saturated rings. The summed E-state index contributed by atoms with van der Waals surface area (Å²) in [5, 5.41) is 3.71. The van der Waals surface area contributed by atoms with E-state index in [9.17, 15) is 18.0 Å². The Labute approximate surface area is 171 Å². The van der Waals surface area contributed by atoms with Crippen molar-refractivity contribution < 1.29 is 22.7 Å². The molecule has 0 aromatic heterocycles. The van der Waals surface area contributed by atoms with Gasteiger partial charge in [-0.15, -0.1) is 0 Å². The Hall–Kier alpha value is -1.56. The van der Waals surface area contributed by atoms with Crippen molar-refractivity contribution in [3.8, 4) is 0 Å². The van der Waals surface area contributed by atoms with Crippen LogP contribution in [0.3, 0.4) is 0 Å². The molecule has 0 radical (unpaired) electrons. The van der Waals surface area contributed by atoms with Crippen LogP contribution in [0, 0.1) is 11.8 Å². The number of halogens is 3. The first-order chi connectivity index (χ1) is 13.9. The molecule has 29 heavy (non-hydrogen) atoms. The van der Waals surface area contributed by atoms with Crippen molar-refractivity contribution in [2.75, 3.05) is 13.2 Å². The number of rotatable bonds is 7. The SMILES string of the molecule is CCOC(=O)C[C@H]1CC[C@@H](NCC2CCCCC2)[C@@H]1c1ccc(C(F)(F)F)cc1. The largest absolute Gasteiger partial charge is 0.466 e. The molecule has 162 valence electrons. The first-order valence-corrected chi connectivity index (χ1v) is 10.9. The highest BCUT2D eigenvalue weighted by molar-refractivity contribution is 5.70. The molecule has 2 aliphatic rings. The van der Waals surface area contributed by atoms with Gasteiger partial charge in [-0.25, -0.2) is 0 Å². The average Bonchev–Trinajstić information content (AvgIpc) is 3.09. The molecule has 0 saturated heterocycles.